The first-order valence-electron chi connectivity index (χ1n) is 11.5. The van der Waals surface area contributed by atoms with Crippen LogP contribution >= 0.6 is 0 Å². The molecular formula is C22H36N4O6S2. The lowest BCUT2D eigenvalue weighted by molar-refractivity contribution is 0.181. The van der Waals surface area contributed by atoms with E-state index in [9.17, 15) is 21.9 Å². The number of nitrogens with one attached hydrogen (secondary N) is 2. The summed E-state index contributed by atoms with van der Waals surface area (Å²) in [7, 11) is -8.29. The van der Waals surface area contributed by atoms with Crippen molar-refractivity contribution in [3.63, 3.8) is 0 Å². The van der Waals surface area contributed by atoms with Crippen LogP contribution in [0.5, 0.6) is 5.75 Å². The van der Waals surface area contributed by atoms with Gasteiger partial charge in [-0.25, -0.2) is 13.1 Å². The van der Waals surface area contributed by atoms with Crippen LogP contribution in [0.4, 0.5) is 0 Å². The molecule has 0 atom stereocenters. The summed E-state index contributed by atoms with van der Waals surface area (Å²) in [6, 6.07) is 6.57. The summed E-state index contributed by atoms with van der Waals surface area (Å²) in [5.74, 6) is -0.340. The van der Waals surface area contributed by atoms with Crippen molar-refractivity contribution < 1.29 is 26.2 Å². The lowest BCUT2D eigenvalue weighted by atomic mass is 10.1. The van der Waals surface area contributed by atoms with E-state index in [-0.39, 0.29) is 39.4 Å². The Hall–Kier alpha value is -1.80. The first-order chi connectivity index (χ1) is 16.1. The van der Waals surface area contributed by atoms with Crippen molar-refractivity contribution in [1.29, 1.82) is 0 Å². The van der Waals surface area contributed by atoms with Crippen molar-refractivity contribution in [2.45, 2.75) is 37.5 Å². The highest BCUT2D eigenvalue weighted by Crippen LogP contribution is 2.35. The minimum Gasteiger partial charge on any atom is -0.507 e. The molecule has 3 N–H and O–H groups in total. The molecule has 0 aliphatic heterocycles. The Morgan fingerprint density at radius 2 is 1.41 bits per heavy atom. The Bertz CT molecular complexity index is 1150. The SMILES string of the molecule is CCN(CC)CCNOS(=O)(=O)c1ccc(O)c2c(S(=O)(=O)NCCN(CC)CC)cccc12. The Labute approximate surface area is 203 Å². The number of phenolic OH excluding ortho intramolecular Hbond substituents is 1. The Kier molecular flexibility index (Phi) is 10.7. The topological polar surface area (TPSA) is 128 Å². The third-order valence-corrected chi connectivity index (χ3v) is 8.44. The maximum atomic E-state index is 13.0. The zero-order valence-electron chi connectivity index (χ0n) is 20.2. The van der Waals surface area contributed by atoms with Gasteiger partial charge >= 0.3 is 10.1 Å². The monoisotopic (exact) mass is 516 g/mol. The number of benzene rings is 2. The molecule has 0 heterocycles. The number of fused-ring (bicyclic) bond motifs is 1. The summed E-state index contributed by atoms with van der Waals surface area (Å²) in [5, 5.41) is 10.4. The number of nitrogens with zero attached hydrogens (tertiary/aromatic N) is 2. The number of sulfonamides is 1. The Morgan fingerprint density at radius 3 is 2.00 bits per heavy atom. The van der Waals surface area contributed by atoms with Crippen LogP contribution in [0.2, 0.25) is 0 Å². The molecule has 0 amide bonds. The molecule has 12 heteroatoms. The van der Waals surface area contributed by atoms with Crippen LogP contribution in [-0.2, 0) is 24.4 Å². The van der Waals surface area contributed by atoms with Crippen LogP contribution in [-0.4, -0.2) is 84.1 Å². The van der Waals surface area contributed by atoms with Crippen molar-refractivity contribution in [1.82, 2.24) is 20.0 Å². The molecule has 2 aromatic rings. The van der Waals surface area contributed by atoms with Crippen LogP contribution in [0.15, 0.2) is 40.1 Å². The van der Waals surface area contributed by atoms with Gasteiger partial charge in [0, 0.05) is 37.0 Å². The predicted octanol–water partition coefficient (Wildman–Crippen LogP) is 1.72. The van der Waals surface area contributed by atoms with E-state index in [1.54, 1.807) is 0 Å². The molecule has 0 aliphatic rings. The summed E-state index contributed by atoms with van der Waals surface area (Å²) in [6.07, 6.45) is 0. The van der Waals surface area contributed by atoms with Gasteiger partial charge < -0.3 is 14.9 Å². The largest absolute Gasteiger partial charge is 0.507 e. The number of hydrogen-bond donors (Lipinski definition) is 3. The zero-order chi connectivity index (χ0) is 25.4. The van der Waals surface area contributed by atoms with Crippen molar-refractivity contribution in [3.05, 3.63) is 30.3 Å². The summed E-state index contributed by atoms with van der Waals surface area (Å²) in [4.78, 5) is 3.73. The van der Waals surface area contributed by atoms with Gasteiger partial charge in [-0.3, -0.25) is 0 Å². The van der Waals surface area contributed by atoms with Gasteiger partial charge in [-0.15, -0.1) is 0 Å². The highest BCUT2D eigenvalue weighted by atomic mass is 32.2. The summed E-state index contributed by atoms with van der Waals surface area (Å²) < 4.78 is 59.3. The number of aromatic hydroxyl groups is 1. The summed E-state index contributed by atoms with van der Waals surface area (Å²) >= 11 is 0. The molecule has 0 radical (unpaired) electrons. The first kappa shape index (κ1) is 28.4. The minimum atomic E-state index is -4.27. The van der Waals surface area contributed by atoms with E-state index in [2.05, 4.69) is 20.0 Å². The van der Waals surface area contributed by atoms with E-state index < -0.39 is 20.1 Å². The van der Waals surface area contributed by atoms with E-state index in [1.807, 2.05) is 27.7 Å². The Morgan fingerprint density at radius 1 is 0.824 bits per heavy atom. The Balaban J connectivity index is 2.32. The van der Waals surface area contributed by atoms with Crippen molar-refractivity contribution >= 4 is 30.9 Å². The standard InChI is InChI=1S/C22H36N4O6S2/c1-5-25(6-2)16-14-23-32-34(30,31)20-13-12-19(27)22-18(20)10-9-11-21(22)33(28,29)24-15-17-26(7-3)8-4/h9-13,23-24,27H,5-8,14-17H2,1-4H3. The van der Waals surface area contributed by atoms with Gasteiger partial charge in [-0.05, 0) is 44.4 Å². The smallest absolute Gasteiger partial charge is 0.313 e. The van der Waals surface area contributed by atoms with Gasteiger partial charge in [0.05, 0.1) is 4.90 Å². The third kappa shape index (κ3) is 7.11. The molecular weight excluding hydrogens is 480 g/mol. The average molecular weight is 517 g/mol. The van der Waals surface area contributed by atoms with E-state index in [1.165, 1.54) is 24.3 Å². The average Bonchev–Trinajstić information content (AvgIpc) is 2.81. The van der Waals surface area contributed by atoms with Crippen LogP contribution in [0.3, 0.4) is 0 Å². The normalized spacial score (nSPS) is 12.8. The minimum absolute atomic E-state index is 0.0529. The molecule has 0 aliphatic carbocycles. The molecule has 0 saturated heterocycles. The molecule has 0 saturated carbocycles. The third-order valence-electron chi connectivity index (χ3n) is 5.71. The van der Waals surface area contributed by atoms with Crippen LogP contribution < -0.4 is 10.2 Å². The van der Waals surface area contributed by atoms with Crippen LogP contribution in [0, 0.1) is 0 Å². The van der Waals surface area contributed by atoms with Crippen molar-refractivity contribution in [2.24, 2.45) is 0 Å². The fourth-order valence-electron chi connectivity index (χ4n) is 3.63. The van der Waals surface area contributed by atoms with Crippen LogP contribution in [0.25, 0.3) is 10.8 Å². The highest BCUT2D eigenvalue weighted by Gasteiger charge is 2.25. The number of hydroxylamine groups is 1. The zero-order valence-corrected chi connectivity index (χ0v) is 21.9. The second-order valence-electron chi connectivity index (χ2n) is 7.64. The second kappa shape index (κ2) is 12.8. The lowest BCUT2D eigenvalue weighted by Gasteiger charge is -2.19. The van der Waals surface area contributed by atoms with E-state index in [0.29, 0.717) is 13.1 Å². The number of rotatable bonds is 15. The molecule has 0 spiro atoms. The molecule has 192 valence electrons. The van der Waals surface area contributed by atoms with Gasteiger partial charge in [-0.2, -0.15) is 18.2 Å². The molecule has 0 fully saturated rings. The number of likely N-dealkylation sites (N-methyl/N-ethyl adjacent to an activating group) is 2. The van der Waals surface area contributed by atoms with Gasteiger partial charge in [0.2, 0.25) is 10.0 Å². The summed E-state index contributed by atoms with van der Waals surface area (Å²) in [6.45, 7) is 12.8. The van der Waals surface area contributed by atoms with Gasteiger partial charge in [-0.1, -0.05) is 39.8 Å². The molecule has 2 aromatic carbocycles. The molecule has 0 aromatic heterocycles. The molecule has 0 unspecified atom stereocenters. The molecule has 10 nitrogen and oxygen atoms in total. The van der Waals surface area contributed by atoms with E-state index >= 15 is 0 Å². The number of phenols is 1. The van der Waals surface area contributed by atoms with E-state index in [4.69, 9.17) is 4.28 Å². The highest BCUT2D eigenvalue weighted by molar-refractivity contribution is 7.89. The van der Waals surface area contributed by atoms with Crippen molar-refractivity contribution in [2.75, 3.05) is 52.4 Å². The maximum absolute atomic E-state index is 13.0. The number of hydrogen-bond acceptors (Lipinski definition) is 9. The van der Waals surface area contributed by atoms with Crippen LogP contribution in [0.1, 0.15) is 27.7 Å². The molecule has 0 bridgehead atoms. The van der Waals surface area contributed by atoms with Crippen molar-refractivity contribution in [3.8, 4) is 5.75 Å². The van der Waals surface area contributed by atoms with E-state index in [0.717, 1.165) is 32.2 Å². The molecule has 2 rings (SSSR count). The second-order valence-corrected chi connectivity index (χ2v) is 10.9. The fourth-order valence-corrected chi connectivity index (χ4v) is 5.89. The lowest BCUT2D eigenvalue weighted by Crippen LogP contribution is -2.34. The van der Waals surface area contributed by atoms with Gasteiger partial charge in [0.15, 0.2) is 0 Å². The fraction of sp³-hybridized carbons (Fsp3) is 0.545. The summed E-state index contributed by atoms with van der Waals surface area (Å²) in [5.41, 5.74) is 2.47. The molecule has 34 heavy (non-hydrogen) atoms. The predicted molar refractivity (Wildman–Crippen MR) is 133 cm³/mol. The first-order valence-corrected chi connectivity index (χ1v) is 14.4. The van der Waals surface area contributed by atoms with Gasteiger partial charge in [0.25, 0.3) is 0 Å². The maximum Gasteiger partial charge on any atom is 0.313 e. The quantitative estimate of drug-likeness (QED) is 0.239. The van der Waals surface area contributed by atoms with Gasteiger partial charge in [0.1, 0.15) is 10.6 Å².